The lowest BCUT2D eigenvalue weighted by Gasteiger charge is -2.36. The number of hydrogen-bond acceptors (Lipinski definition) is 9. The standard InChI is InChI=1S/C25H28N3O8PS/c1-34-37(33,36-19-12-8-17(9-13-19)28(31)32)14-21-16-6-10-18(11-7-16)35-23(29)5-3-2-4-22-24-20(15-38-22)26-25(30)27(21)24/h6-13,20-22,24H,2-5,14-15H2,1H3,(H,26,30)/t20-,21?,22-,24-,37?/m1/s1. The van der Waals surface area contributed by atoms with Crippen LogP contribution in [-0.4, -0.2) is 58.2 Å². The van der Waals surface area contributed by atoms with Crippen LogP contribution >= 0.6 is 19.4 Å². The monoisotopic (exact) mass is 561 g/mol. The van der Waals surface area contributed by atoms with Crippen LogP contribution in [-0.2, 0) is 13.9 Å². The number of amides is 2. The van der Waals surface area contributed by atoms with Crippen LogP contribution in [0.4, 0.5) is 10.5 Å². The Morgan fingerprint density at radius 3 is 2.58 bits per heavy atom. The normalized spacial score (nSPS) is 26.6. The molecule has 2 unspecified atom stereocenters. The molecule has 11 nitrogen and oxygen atoms in total. The summed E-state index contributed by atoms with van der Waals surface area (Å²) in [6, 6.07) is 11.0. The van der Waals surface area contributed by atoms with Gasteiger partial charge in [-0.1, -0.05) is 18.6 Å². The molecule has 202 valence electrons. The Hall–Kier alpha value is -3.08. The largest absolute Gasteiger partial charge is 0.427 e. The first-order chi connectivity index (χ1) is 18.3. The summed E-state index contributed by atoms with van der Waals surface area (Å²) in [5.41, 5.74) is 0.568. The van der Waals surface area contributed by atoms with Crippen molar-refractivity contribution in [2.24, 2.45) is 0 Å². The number of fused-ring (bicyclic) bond motifs is 7. The van der Waals surface area contributed by atoms with E-state index in [0.717, 1.165) is 18.6 Å². The number of non-ortho nitro benzene ring substituents is 1. The van der Waals surface area contributed by atoms with E-state index in [2.05, 4.69) is 5.32 Å². The number of esters is 1. The summed E-state index contributed by atoms with van der Waals surface area (Å²) >= 11 is 1.79. The molecule has 0 saturated carbocycles. The Morgan fingerprint density at radius 2 is 1.89 bits per heavy atom. The zero-order valence-corrected chi connectivity index (χ0v) is 22.4. The number of benzene rings is 2. The average molecular weight is 562 g/mol. The number of urea groups is 1. The lowest BCUT2D eigenvalue weighted by Crippen LogP contribution is -2.44. The van der Waals surface area contributed by atoms with Gasteiger partial charge in [-0.15, -0.1) is 0 Å². The fraction of sp³-hybridized carbons (Fsp3) is 0.440. The summed E-state index contributed by atoms with van der Waals surface area (Å²) in [4.78, 5) is 37.8. The minimum atomic E-state index is -3.84. The predicted octanol–water partition coefficient (Wildman–Crippen LogP) is 4.91. The lowest BCUT2D eigenvalue weighted by atomic mass is 9.98. The quantitative estimate of drug-likeness (QED) is 0.130. The van der Waals surface area contributed by atoms with Crippen molar-refractivity contribution in [3.63, 3.8) is 0 Å². The first-order valence-corrected chi connectivity index (χ1v) is 15.1. The van der Waals surface area contributed by atoms with E-state index in [9.17, 15) is 24.3 Å². The molecular formula is C25H28N3O8PS. The molecule has 13 heteroatoms. The maximum absolute atomic E-state index is 13.9. The number of ether oxygens (including phenoxy) is 1. The Labute approximate surface area is 223 Å². The molecule has 4 aliphatic rings. The summed E-state index contributed by atoms with van der Waals surface area (Å²) in [5.74, 6) is 1.03. The SMILES string of the molecule is COP(=O)(CC1c2ccc(cc2)OC(=O)CCCC[C@H]2SC[C@H]3NC(=O)N1[C@H]32)Oc1ccc([N+](=O)[O-])cc1. The number of nitro groups is 1. The number of carbonyl (C=O) groups is 2. The molecule has 2 saturated heterocycles. The smallest absolute Gasteiger partial charge is 0.381 e. The molecule has 6 rings (SSSR count). The van der Waals surface area contributed by atoms with Crippen molar-refractivity contribution in [2.45, 2.75) is 49.1 Å². The lowest BCUT2D eigenvalue weighted by molar-refractivity contribution is -0.384. The minimum absolute atomic E-state index is 0.0466. The number of nitrogens with one attached hydrogen (secondary N) is 1. The molecule has 4 heterocycles. The minimum Gasteiger partial charge on any atom is -0.427 e. The van der Waals surface area contributed by atoms with Gasteiger partial charge < -0.3 is 24.0 Å². The van der Waals surface area contributed by atoms with Crippen LogP contribution in [0.3, 0.4) is 0 Å². The maximum atomic E-state index is 13.9. The fourth-order valence-corrected chi connectivity index (χ4v) is 8.35. The molecule has 2 bridgehead atoms. The second-order valence-corrected chi connectivity index (χ2v) is 12.9. The van der Waals surface area contributed by atoms with Gasteiger partial charge in [0, 0.05) is 36.7 Å². The van der Waals surface area contributed by atoms with Crippen LogP contribution in [0, 0.1) is 10.1 Å². The van der Waals surface area contributed by atoms with E-state index in [1.165, 1.54) is 31.4 Å². The molecular weight excluding hydrogens is 533 g/mol. The number of nitro benzene ring substituents is 1. The van der Waals surface area contributed by atoms with E-state index in [-0.39, 0.29) is 46.9 Å². The van der Waals surface area contributed by atoms with Crippen LogP contribution in [0.1, 0.15) is 37.3 Å². The van der Waals surface area contributed by atoms with Gasteiger partial charge in [-0.3, -0.25) is 14.9 Å². The predicted molar refractivity (Wildman–Crippen MR) is 141 cm³/mol. The summed E-state index contributed by atoms with van der Waals surface area (Å²) in [6.07, 6.45) is 2.52. The highest BCUT2D eigenvalue weighted by Gasteiger charge is 2.52. The topological polar surface area (TPSA) is 137 Å². The van der Waals surface area contributed by atoms with E-state index in [0.29, 0.717) is 24.2 Å². The molecule has 0 aromatic heterocycles. The Balaban J connectivity index is 1.50. The van der Waals surface area contributed by atoms with Crippen molar-refractivity contribution >= 4 is 37.0 Å². The van der Waals surface area contributed by atoms with Crippen molar-refractivity contribution < 1.29 is 32.9 Å². The van der Waals surface area contributed by atoms with Crippen molar-refractivity contribution in [3.05, 3.63) is 64.2 Å². The number of hydrogen-bond donors (Lipinski definition) is 1. The van der Waals surface area contributed by atoms with Gasteiger partial charge in [-0.25, -0.2) is 9.36 Å². The summed E-state index contributed by atoms with van der Waals surface area (Å²) in [6.45, 7) is 0. The third-order valence-corrected chi connectivity index (χ3v) is 10.4. The zero-order chi connectivity index (χ0) is 26.9. The Morgan fingerprint density at radius 1 is 1.16 bits per heavy atom. The molecule has 2 aromatic carbocycles. The molecule has 0 spiro atoms. The summed E-state index contributed by atoms with van der Waals surface area (Å²) in [7, 11) is -2.56. The van der Waals surface area contributed by atoms with Crippen molar-refractivity contribution in [1.82, 2.24) is 10.2 Å². The fourth-order valence-electron chi connectivity index (χ4n) is 5.22. The van der Waals surface area contributed by atoms with Crippen LogP contribution in [0.15, 0.2) is 48.5 Å². The molecule has 2 aromatic rings. The summed E-state index contributed by atoms with van der Waals surface area (Å²) < 4.78 is 30.6. The highest BCUT2D eigenvalue weighted by atomic mass is 32.2. The van der Waals surface area contributed by atoms with Gasteiger partial charge in [0.15, 0.2) is 0 Å². The van der Waals surface area contributed by atoms with Gasteiger partial charge in [-0.2, -0.15) is 11.8 Å². The van der Waals surface area contributed by atoms with E-state index in [1.54, 1.807) is 40.9 Å². The number of thioether (sulfide) groups is 1. The van der Waals surface area contributed by atoms with E-state index >= 15 is 0 Å². The Kier molecular flexibility index (Phi) is 7.65. The van der Waals surface area contributed by atoms with Gasteiger partial charge in [0.25, 0.3) is 5.69 Å². The molecule has 2 fully saturated rings. The second-order valence-electron chi connectivity index (χ2n) is 9.45. The number of carbonyl (C=O) groups excluding carboxylic acids is 2. The van der Waals surface area contributed by atoms with Gasteiger partial charge in [0.05, 0.1) is 29.2 Å². The van der Waals surface area contributed by atoms with Crippen molar-refractivity contribution in [3.8, 4) is 11.5 Å². The Bertz CT molecular complexity index is 1260. The van der Waals surface area contributed by atoms with Crippen molar-refractivity contribution in [1.29, 1.82) is 0 Å². The highest BCUT2D eigenvalue weighted by Crippen LogP contribution is 2.53. The molecule has 4 aliphatic heterocycles. The van der Waals surface area contributed by atoms with Crippen molar-refractivity contribution in [2.75, 3.05) is 19.0 Å². The highest BCUT2D eigenvalue weighted by molar-refractivity contribution is 8.00. The molecule has 38 heavy (non-hydrogen) atoms. The molecule has 5 atom stereocenters. The third kappa shape index (κ3) is 5.52. The maximum Gasteiger partial charge on any atom is 0.381 e. The van der Waals surface area contributed by atoms with Crippen LogP contribution in [0.5, 0.6) is 11.5 Å². The van der Waals surface area contributed by atoms with Gasteiger partial charge in [0.2, 0.25) is 0 Å². The average Bonchev–Trinajstić information content (AvgIpc) is 3.43. The van der Waals surface area contributed by atoms with Crippen LogP contribution in [0.25, 0.3) is 0 Å². The first kappa shape index (κ1) is 26.5. The van der Waals surface area contributed by atoms with Crippen LogP contribution < -0.4 is 14.6 Å². The van der Waals surface area contributed by atoms with E-state index in [4.69, 9.17) is 13.8 Å². The zero-order valence-electron chi connectivity index (χ0n) is 20.7. The molecule has 0 radical (unpaired) electrons. The number of nitrogens with zero attached hydrogens (tertiary/aromatic N) is 2. The number of rotatable bonds is 6. The van der Waals surface area contributed by atoms with Gasteiger partial charge in [-0.05, 0) is 42.7 Å². The van der Waals surface area contributed by atoms with E-state index < -0.39 is 18.6 Å². The second kappa shape index (κ2) is 11.0. The van der Waals surface area contributed by atoms with E-state index in [1.807, 2.05) is 0 Å². The summed E-state index contributed by atoms with van der Waals surface area (Å²) in [5, 5.41) is 14.2. The molecule has 2 amide bonds. The van der Waals surface area contributed by atoms with Gasteiger partial charge >= 0.3 is 19.6 Å². The third-order valence-electron chi connectivity index (χ3n) is 7.07. The first-order valence-electron chi connectivity index (χ1n) is 12.4. The van der Waals surface area contributed by atoms with Crippen LogP contribution in [0.2, 0.25) is 0 Å². The molecule has 1 N–H and O–H groups in total. The molecule has 0 aliphatic carbocycles. The van der Waals surface area contributed by atoms with Gasteiger partial charge in [0.1, 0.15) is 11.5 Å².